The molecule has 0 saturated heterocycles. The fraction of sp³-hybridized carbons (Fsp3) is 0.263. The van der Waals surface area contributed by atoms with Gasteiger partial charge >= 0.3 is 0 Å². The summed E-state index contributed by atoms with van der Waals surface area (Å²) >= 11 is 0. The Balaban J connectivity index is 1.83. The number of hydrogen-bond donors (Lipinski definition) is 1. The van der Waals surface area contributed by atoms with Crippen molar-refractivity contribution in [2.24, 2.45) is 0 Å². The van der Waals surface area contributed by atoms with Crippen LogP contribution >= 0.6 is 0 Å². The van der Waals surface area contributed by atoms with E-state index >= 15 is 0 Å². The fourth-order valence-corrected chi connectivity index (χ4v) is 2.75. The summed E-state index contributed by atoms with van der Waals surface area (Å²) in [5.41, 5.74) is 5.14. The van der Waals surface area contributed by atoms with Crippen molar-refractivity contribution in [1.82, 2.24) is 19.5 Å². The molecule has 0 fully saturated rings. The Bertz CT molecular complexity index is 941. The standard InChI is InChI=1S/C19H21N5O/c1-11-6-7-12(2)17(8-11)18(25)23-16-9-20-19(21-10-16)24-14(4)13(3)22-15(24)5/h6-10H,1-5H3,(H,23,25). The monoisotopic (exact) mass is 335 g/mol. The molecule has 0 radical (unpaired) electrons. The molecule has 2 heterocycles. The van der Waals surface area contributed by atoms with Crippen molar-refractivity contribution in [3.63, 3.8) is 0 Å². The average molecular weight is 335 g/mol. The molecule has 25 heavy (non-hydrogen) atoms. The number of rotatable bonds is 3. The summed E-state index contributed by atoms with van der Waals surface area (Å²) in [7, 11) is 0. The lowest BCUT2D eigenvalue weighted by Crippen LogP contribution is -2.14. The van der Waals surface area contributed by atoms with Gasteiger partial charge in [0.15, 0.2) is 0 Å². The second-order valence-corrected chi connectivity index (χ2v) is 6.21. The highest BCUT2D eigenvalue weighted by Gasteiger charge is 2.13. The number of hydrogen-bond acceptors (Lipinski definition) is 4. The number of aryl methyl sites for hydroxylation is 4. The van der Waals surface area contributed by atoms with Crippen molar-refractivity contribution in [2.45, 2.75) is 34.6 Å². The molecule has 128 valence electrons. The van der Waals surface area contributed by atoms with Gasteiger partial charge in [-0.3, -0.25) is 9.36 Å². The summed E-state index contributed by atoms with van der Waals surface area (Å²) in [6.45, 7) is 9.73. The number of carbonyl (C=O) groups excluding carboxylic acids is 1. The maximum atomic E-state index is 12.5. The third kappa shape index (κ3) is 3.28. The first-order valence-electron chi connectivity index (χ1n) is 8.10. The van der Waals surface area contributed by atoms with Crippen LogP contribution in [0.4, 0.5) is 5.69 Å². The van der Waals surface area contributed by atoms with Gasteiger partial charge in [0, 0.05) is 11.3 Å². The maximum Gasteiger partial charge on any atom is 0.256 e. The van der Waals surface area contributed by atoms with Gasteiger partial charge in [-0.05, 0) is 46.2 Å². The maximum absolute atomic E-state index is 12.5. The topological polar surface area (TPSA) is 72.7 Å². The fourth-order valence-electron chi connectivity index (χ4n) is 2.75. The number of nitrogens with zero attached hydrogens (tertiary/aromatic N) is 4. The minimum atomic E-state index is -0.164. The summed E-state index contributed by atoms with van der Waals surface area (Å²) in [5.74, 6) is 1.21. The van der Waals surface area contributed by atoms with E-state index in [4.69, 9.17) is 0 Å². The van der Waals surface area contributed by atoms with E-state index in [2.05, 4.69) is 20.3 Å². The first-order chi connectivity index (χ1) is 11.9. The second-order valence-electron chi connectivity index (χ2n) is 6.21. The van der Waals surface area contributed by atoms with Crippen LogP contribution < -0.4 is 5.32 Å². The molecule has 0 aliphatic heterocycles. The number of imidazole rings is 1. The molecule has 0 bridgehead atoms. The Labute approximate surface area is 147 Å². The number of nitrogens with one attached hydrogen (secondary N) is 1. The lowest BCUT2D eigenvalue weighted by Gasteiger charge is -2.10. The van der Waals surface area contributed by atoms with Crippen LogP contribution in [0.3, 0.4) is 0 Å². The molecular formula is C19H21N5O. The van der Waals surface area contributed by atoms with Crippen LogP contribution in [0.25, 0.3) is 5.95 Å². The molecule has 1 N–H and O–H groups in total. The quantitative estimate of drug-likeness (QED) is 0.795. The molecule has 0 spiro atoms. The van der Waals surface area contributed by atoms with E-state index in [0.29, 0.717) is 17.2 Å². The van der Waals surface area contributed by atoms with Crippen LogP contribution in [0, 0.1) is 34.6 Å². The molecular weight excluding hydrogens is 314 g/mol. The molecule has 0 aliphatic carbocycles. The SMILES string of the molecule is Cc1ccc(C)c(C(=O)Nc2cnc(-n3c(C)nc(C)c3C)nc2)c1. The van der Waals surface area contributed by atoms with Crippen LogP contribution in [-0.4, -0.2) is 25.4 Å². The Morgan fingerprint density at radius 3 is 2.32 bits per heavy atom. The predicted molar refractivity (Wildman–Crippen MR) is 97.2 cm³/mol. The predicted octanol–water partition coefficient (Wildman–Crippen LogP) is 3.46. The molecule has 6 nitrogen and oxygen atoms in total. The van der Waals surface area contributed by atoms with Gasteiger partial charge in [0.1, 0.15) is 5.82 Å². The van der Waals surface area contributed by atoms with Crippen LogP contribution in [0.5, 0.6) is 0 Å². The summed E-state index contributed by atoms with van der Waals surface area (Å²) in [5, 5.41) is 2.85. The summed E-state index contributed by atoms with van der Waals surface area (Å²) < 4.78 is 1.89. The van der Waals surface area contributed by atoms with E-state index in [1.165, 1.54) is 0 Å². The zero-order valence-electron chi connectivity index (χ0n) is 15.1. The highest BCUT2D eigenvalue weighted by Crippen LogP contribution is 2.16. The molecule has 3 rings (SSSR count). The van der Waals surface area contributed by atoms with Gasteiger partial charge in [-0.2, -0.15) is 0 Å². The summed E-state index contributed by atoms with van der Waals surface area (Å²) in [4.78, 5) is 25.6. The summed E-state index contributed by atoms with van der Waals surface area (Å²) in [6.07, 6.45) is 3.22. The van der Waals surface area contributed by atoms with Crippen LogP contribution in [0.2, 0.25) is 0 Å². The Kier molecular flexibility index (Phi) is 4.35. The summed E-state index contributed by atoms with van der Waals surface area (Å²) in [6, 6.07) is 5.81. The zero-order chi connectivity index (χ0) is 18.1. The average Bonchev–Trinajstić information content (AvgIpc) is 2.83. The van der Waals surface area contributed by atoms with E-state index in [0.717, 1.165) is 28.3 Å². The third-order valence-corrected chi connectivity index (χ3v) is 4.25. The number of anilines is 1. The van der Waals surface area contributed by atoms with Crippen molar-refractivity contribution in [3.05, 3.63) is 64.5 Å². The normalized spacial score (nSPS) is 10.8. The first kappa shape index (κ1) is 16.8. The highest BCUT2D eigenvalue weighted by molar-refractivity contribution is 6.05. The molecule has 0 aliphatic rings. The highest BCUT2D eigenvalue weighted by atomic mass is 16.1. The number of carbonyl (C=O) groups is 1. The Morgan fingerprint density at radius 2 is 1.72 bits per heavy atom. The molecule has 1 amide bonds. The minimum Gasteiger partial charge on any atom is -0.319 e. The molecule has 2 aromatic heterocycles. The van der Waals surface area contributed by atoms with Crippen molar-refractivity contribution in [2.75, 3.05) is 5.32 Å². The minimum absolute atomic E-state index is 0.164. The molecule has 0 saturated carbocycles. The number of benzene rings is 1. The molecule has 1 aromatic carbocycles. The van der Waals surface area contributed by atoms with Crippen molar-refractivity contribution in [1.29, 1.82) is 0 Å². The van der Waals surface area contributed by atoms with Crippen LogP contribution in [-0.2, 0) is 0 Å². The molecule has 0 unspecified atom stereocenters. The Morgan fingerprint density at radius 1 is 1.04 bits per heavy atom. The van der Waals surface area contributed by atoms with Gasteiger partial charge in [0.05, 0.1) is 23.8 Å². The van der Waals surface area contributed by atoms with Gasteiger partial charge < -0.3 is 5.32 Å². The molecule has 0 atom stereocenters. The lowest BCUT2D eigenvalue weighted by molar-refractivity contribution is 0.102. The van der Waals surface area contributed by atoms with E-state index in [1.54, 1.807) is 12.4 Å². The Hall–Kier alpha value is -3.02. The van der Waals surface area contributed by atoms with Gasteiger partial charge in [0.25, 0.3) is 5.91 Å². The van der Waals surface area contributed by atoms with Gasteiger partial charge in [-0.15, -0.1) is 0 Å². The van der Waals surface area contributed by atoms with Gasteiger partial charge in [-0.1, -0.05) is 17.7 Å². The number of aromatic nitrogens is 4. The smallest absolute Gasteiger partial charge is 0.256 e. The number of amides is 1. The second kappa shape index (κ2) is 6.47. The van der Waals surface area contributed by atoms with E-state index in [-0.39, 0.29) is 5.91 Å². The van der Waals surface area contributed by atoms with E-state index in [9.17, 15) is 4.79 Å². The van der Waals surface area contributed by atoms with Crippen LogP contribution in [0.15, 0.2) is 30.6 Å². The first-order valence-corrected chi connectivity index (χ1v) is 8.10. The van der Waals surface area contributed by atoms with Crippen molar-refractivity contribution < 1.29 is 4.79 Å². The van der Waals surface area contributed by atoms with Crippen molar-refractivity contribution in [3.8, 4) is 5.95 Å². The largest absolute Gasteiger partial charge is 0.319 e. The molecule has 6 heteroatoms. The van der Waals surface area contributed by atoms with E-state index < -0.39 is 0 Å². The van der Waals surface area contributed by atoms with E-state index in [1.807, 2.05) is 57.4 Å². The van der Waals surface area contributed by atoms with Crippen molar-refractivity contribution >= 4 is 11.6 Å². The van der Waals surface area contributed by atoms with Gasteiger partial charge in [0.2, 0.25) is 5.95 Å². The van der Waals surface area contributed by atoms with Gasteiger partial charge in [-0.25, -0.2) is 15.0 Å². The zero-order valence-corrected chi connectivity index (χ0v) is 15.1. The van der Waals surface area contributed by atoms with Crippen LogP contribution in [0.1, 0.15) is 38.7 Å². The molecule has 3 aromatic rings. The lowest BCUT2D eigenvalue weighted by atomic mass is 10.1. The third-order valence-electron chi connectivity index (χ3n) is 4.25.